The van der Waals surface area contributed by atoms with Gasteiger partial charge in [0.2, 0.25) is 5.78 Å². The zero-order valence-corrected chi connectivity index (χ0v) is 17.8. The molecule has 0 saturated carbocycles. The number of ketones is 1. The highest BCUT2D eigenvalue weighted by molar-refractivity contribution is 6.31. The molecule has 2 heterocycles. The van der Waals surface area contributed by atoms with Gasteiger partial charge >= 0.3 is 0 Å². The van der Waals surface area contributed by atoms with Crippen LogP contribution in [0.5, 0.6) is 0 Å². The molecule has 1 amide bonds. The fraction of sp³-hybridized carbons (Fsp3) is 0.0769. The molecule has 0 spiro atoms. The highest BCUT2D eigenvalue weighted by Gasteiger charge is 2.45. The van der Waals surface area contributed by atoms with Crippen molar-refractivity contribution in [3.63, 3.8) is 0 Å². The van der Waals surface area contributed by atoms with E-state index in [-0.39, 0.29) is 11.3 Å². The third kappa shape index (κ3) is 3.18. The number of Topliss-reactive ketones (excluding diaryl/α,β-unsaturated/α-hetero) is 1. The summed E-state index contributed by atoms with van der Waals surface area (Å²) in [6.07, 6.45) is 0. The maximum atomic E-state index is 13.6. The second-order valence-electron chi connectivity index (χ2n) is 7.65. The van der Waals surface area contributed by atoms with E-state index in [0.29, 0.717) is 21.7 Å². The van der Waals surface area contributed by atoms with E-state index >= 15 is 0 Å². The summed E-state index contributed by atoms with van der Waals surface area (Å²) in [4.78, 5) is 28.2. The lowest BCUT2D eigenvalue weighted by molar-refractivity contribution is -0.117. The molecule has 0 fully saturated rings. The first-order valence-electron chi connectivity index (χ1n) is 10.1. The van der Waals surface area contributed by atoms with Crippen LogP contribution in [0.4, 0.5) is 5.69 Å². The molecule has 0 aliphatic carbocycles. The summed E-state index contributed by atoms with van der Waals surface area (Å²) in [6.45, 7) is 1.91. The Morgan fingerprint density at radius 2 is 1.72 bits per heavy atom. The van der Waals surface area contributed by atoms with E-state index in [9.17, 15) is 14.7 Å². The Balaban J connectivity index is 1.68. The van der Waals surface area contributed by atoms with Crippen LogP contribution in [0.15, 0.2) is 94.6 Å². The highest BCUT2D eigenvalue weighted by Crippen LogP contribution is 2.43. The Morgan fingerprint density at radius 1 is 1.00 bits per heavy atom. The molecule has 5 nitrogen and oxygen atoms in total. The lowest BCUT2D eigenvalue weighted by Gasteiger charge is -2.27. The summed E-state index contributed by atoms with van der Waals surface area (Å²) in [7, 11) is 0. The van der Waals surface area contributed by atoms with Crippen LogP contribution in [0.25, 0.3) is 11.0 Å². The Labute approximate surface area is 189 Å². The zero-order chi connectivity index (χ0) is 22.4. The third-order valence-corrected chi connectivity index (χ3v) is 5.91. The normalized spacial score (nSPS) is 16.2. The molecule has 3 aromatic carbocycles. The summed E-state index contributed by atoms with van der Waals surface area (Å²) >= 11 is 6.06. The van der Waals surface area contributed by atoms with Gasteiger partial charge in [0.1, 0.15) is 5.58 Å². The number of para-hydroxylation sites is 1. The Bertz CT molecular complexity index is 1400. The molecule has 158 valence electrons. The van der Waals surface area contributed by atoms with Gasteiger partial charge in [-0.05, 0) is 54.4 Å². The van der Waals surface area contributed by atoms with Crippen molar-refractivity contribution in [2.75, 3.05) is 4.90 Å². The summed E-state index contributed by atoms with van der Waals surface area (Å²) in [5.74, 6) is -1.72. The first-order valence-corrected chi connectivity index (χ1v) is 10.4. The summed E-state index contributed by atoms with van der Waals surface area (Å²) in [6, 6.07) is 22.3. The van der Waals surface area contributed by atoms with Crippen molar-refractivity contribution in [3.8, 4) is 0 Å². The van der Waals surface area contributed by atoms with E-state index in [1.54, 1.807) is 48.5 Å². The average molecular weight is 444 g/mol. The smallest absolute Gasteiger partial charge is 0.294 e. The van der Waals surface area contributed by atoms with Crippen molar-refractivity contribution in [3.05, 3.63) is 112 Å². The van der Waals surface area contributed by atoms with Gasteiger partial charge in [-0.25, -0.2) is 0 Å². The maximum Gasteiger partial charge on any atom is 0.294 e. The number of carbonyl (C=O) groups excluding carboxylic acids is 2. The summed E-state index contributed by atoms with van der Waals surface area (Å²) in [5, 5.41) is 12.0. The minimum atomic E-state index is -0.796. The van der Waals surface area contributed by atoms with E-state index in [2.05, 4.69) is 0 Å². The van der Waals surface area contributed by atoms with Gasteiger partial charge in [0.25, 0.3) is 5.91 Å². The van der Waals surface area contributed by atoms with Crippen molar-refractivity contribution in [1.29, 1.82) is 0 Å². The molecule has 5 rings (SSSR count). The lowest BCUT2D eigenvalue weighted by atomic mass is 9.92. The number of fused-ring (bicyclic) bond motifs is 1. The second-order valence-corrected chi connectivity index (χ2v) is 8.09. The van der Waals surface area contributed by atoms with Crippen LogP contribution in [-0.2, 0) is 4.79 Å². The number of anilines is 1. The Hall–Kier alpha value is -3.83. The van der Waals surface area contributed by atoms with Crippen LogP contribution in [0, 0.1) is 6.92 Å². The average Bonchev–Trinajstić information content (AvgIpc) is 3.33. The predicted octanol–water partition coefficient (Wildman–Crippen LogP) is 6.18. The lowest BCUT2D eigenvalue weighted by Crippen LogP contribution is -2.31. The van der Waals surface area contributed by atoms with Crippen molar-refractivity contribution in [1.82, 2.24) is 0 Å². The van der Waals surface area contributed by atoms with Crippen LogP contribution in [0.3, 0.4) is 0 Å². The van der Waals surface area contributed by atoms with E-state index in [4.69, 9.17) is 16.0 Å². The quantitative estimate of drug-likeness (QED) is 0.382. The number of hydrogen-bond donors (Lipinski definition) is 1. The number of halogens is 1. The number of hydrogen-bond acceptors (Lipinski definition) is 4. The molecular weight excluding hydrogens is 426 g/mol. The van der Waals surface area contributed by atoms with Crippen LogP contribution in [-0.4, -0.2) is 16.8 Å². The van der Waals surface area contributed by atoms with Crippen LogP contribution >= 0.6 is 11.6 Å². The molecule has 0 radical (unpaired) electrons. The van der Waals surface area contributed by atoms with Gasteiger partial charge in [0.15, 0.2) is 11.5 Å². The summed E-state index contributed by atoms with van der Waals surface area (Å²) < 4.78 is 5.75. The topological polar surface area (TPSA) is 70.7 Å². The number of amides is 1. The van der Waals surface area contributed by atoms with Crippen molar-refractivity contribution in [2.45, 2.75) is 13.0 Å². The third-order valence-electron chi connectivity index (χ3n) is 5.67. The minimum absolute atomic E-state index is 0.0155. The highest BCUT2D eigenvalue weighted by atomic mass is 35.5. The van der Waals surface area contributed by atoms with Crippen LogP contribution < -0.4 is 4.90 Å². The standard InChI is InChI=1S/C26H18ClNO4/c1-15-7-5-6-10-19(15)23-22(25(30)26(31)28(23)18-8-3-2-4-9-18)24(29)21-14-16-13-17(27)11-12-20(16)32-21/h2-14,23,30H,1H3. The van der Waals surface area contributed by atoms with E-state index in [1.165, 1.54) is 4.90 Å². The SMILES string of the molecule is Cc1ccccc1C1C(C(=O)c2cc3cc(Cl)ccc3o2)=C(O)C(=O)N1c1ccccc1. The fourth-order valence-corrected chi connectivity index (χ4v) is 4.32. The van der Waals surface area contributed by atoms with Crippen LogP contribution in [0.2, 0.25) is 5.02 Å². The van der Waals surface area contributed by atoms with E-state index < -0.39 is 23.5 Å². The number of rotatable bonds is 4. The fourth-order valence-electron chi connectivity index (χ4n) is 4.14. The van der Waals surface area contributed by atoms with Gasteiger partial charge in [0.05, 0.1) is 11.6 Å². The van der Waals surface area contributed by atoms with Crippen molar-refractivity contribution in [2.24, 2.45) is 0 Å². The molecule has 0 saturated heterocycles. The van der Waals surface area contributed by atoms with Gasteiger partial charge in [-0.3, -0.25) is 14.5 Å². The molecule has 32 heavy (non-hydrogen) atoms. The molecule has 1 aliphatic rings. The number of aryl methyl sites for hydroxylation is 1. The Kier molecular flexibility index (Phi) is 4.83. The monoisotopic (exact) mass is 443 g/mol. The minimum Gasteiger partial charge on any atom is -0.503 e. The van der Waals surface area contributed by atoms with Gasteiger partial charge in [0, 0.05) is 16.1 Å². The number of furan rings is 1. The molecule has 1 unspecified atom stereocenters. The number of aliphatic hydroxyl groups is 1. The number of aliphatic hydroxyl groups excluding tert-OH is 1. The van der Waals surface area contributed by atoms with Crippen molar-refractivity contribution < 1.29 is 19.1 Å². The first-order chi connectivity index (χ1) is 15.5. The number of benzene rings is 3. The van der Waals surface area contributed by atoms with Crippen LogP contribution in [0.1, 0.15) is 27.7 Å². The van der Waals surface area contributed by atoms with Gasteiger partial charge < -0.3 is 9.52 Å². The summed E-state index contributed by atoms with van der Waals surface area (Å²) in [5.41, 5.74) is 2.70. The van der Waals surface area contributed by atoms with Gasteiger partial charge in [-0.15, -0.1) is 0 Å². The van der Waals surface area contributed by atoms with Gasteiger partial charge in [-0.2, -0.15) is 0 Å². The molecule has 4 aromatic rings. The number of carbonyl (C=O) groups is 2. The molecule has 1 aliphatic heterocycles. The molecule has 1 aromatic heterocycles. The predicted molar refractivity (Wildman–Crippen MR) is 123 cm³/mol. The van der Waals surface area contributed by atoms with E-state index in [1.807, 2.05) is 37.3 Å². The maximum absolute atomic E-state index is 13.6. The van der Waals surface area contributed by atoms with Gasteiger partial charge in [-0.1, -0.05) is 54.1 Å². The number of nitrogens with zero attached hydrogens (tertiary/aromatic N) is 1. The molecule has 0 bridgehead atoms. The molecule has 1 atom stereocenters. The largest absolute Gasteiger partial charge is 0.503 e. The first kappa shape index (κ1) is 20.1. The molecule has 6 heteroatoms. The molecular formula is C26H18ClNO4. The zero-order valence-electron chi connectivity index (χ0n) is 17.1. The Morgan fingerprint density at radius 3 is 2.47 bits per heavy atom. The van der Waals surface area contributed by atoms with E-state index in [0.717, 1.165) is 11.1 Å². The molecule has 1 N–H and O–H groups in total. The second kappa shape index (κ2) is 7.70. The van der Waals surface area contributed by atoms with Crippen molar-refractivity contribution >= 4 is 39.9 Å².